The van der Waals surface area contributed by atoms with E-state index in [1.807, 2.05) is 43.3 Å². The molecule has 0 aliphatic carbocycles. The smallest absolute Gasteiger partial charge is 0.378 e. The number of likely N-dealkylation sites (tertiary alicyclic amines) is 1. The Morgan fingerprint density at radius 3 is 2.54 bits per heavy atom. The van der Waals surface area contributed by atoms with Crippen LogP contribution in [0.5, 0.6) is 0 Å². The summed E-state index contributed by atoms with van der Waals surface area (Å²) in [5, 5.41) is 2.77. The van der Waals surface area contributed by atoms with Crippen LogP contribution in [0, 0.1) is 5.92 Å². The highest BCUT2D eigenvalue weighted by Crippen LogP contribution is 2.32. The number of halogens is 3. The number of benzene rings is 1. The molecule has 2 rings (SSSR count). The van der Waals surface area contributed by atoms with E-state index in [1.54, 1.807) is 4.90 Å². The third kappa shape index (κ3) is 5.40. The van der Waals surface area contributed by atoms with Crippen LogP contribution in [-0.2, 0) is 11.3 Å². The van der Waals surface area contributed by atoms with Gasteiger partial charge in [0.2, 0.25) is 5.91 Å². The predicted octanol–water partition coefficient (Wildman–Crippen LogP) is 2.64. The predicted molar refractivity (Wildman–Crippen MR) is 87.8 cm³/mol. The van der Waals surface area contributed by atoms with E-state index in [2.05, 4.69) is 5.32 Å². The quantitative estimate of drug-likeness (QED) is 0.893. The maximum Gasteiger partial charge on any atom is 0.393 e. The lowest BCUT2D eigenvalue weighted by atomic mass is 9.97. The molecule has 24 heavy (non-hydrogen) atoms. The fourth-order valence-electron chi connectivity index (χ4n) is 2.84. The van der Waals surface area contributed by atoms with Crippen LogP contribution in [0.15, 0.2) is 24.3 Å². The van der Waals surface area contributed by atoms with Crippen LogP contribution in [0.2, 0.25) is 0 Å². The van der Waals surface area contributed by atoms with Crippen molar-refractivity contribution in [2.24, 2.45) is 5.92 Å². The van der Waals surface area contributed by atoms with Crippen LogP contribution in [0.1, 0.15) is 18.4 Å². The van der Waals surface area contributed by atoms with E-state index in [9.17, 15) is 18.0 Å². The molecule has 0 spiro atoms. The first-order valence-electron chi connectivity index (χ1n) is 8.07. The molecular formula is C17H24F3N3O. The van der Waals surface area contributed by atoms with Crippen molar-refractivity contribution >= 4 is 11.6 Å². The Balaban J connectivity index is 1.78. The van der Waals surface area contributed by atoms with Crippen LogP contribution in [0.25, 0.3) is 0 Å². The second kappa shape index (κ2) is 7.88. The molecule has 1 N–H and O–H groups in total. The van der Waals surface area contributed by atoms with Gasteiger partial charge in [0.05, 0.1) is 12.5 Å². The van der Waals surface area contributed by atoms with Gasteiger partial charge in [-0.05, 0) is 37.1 Å². The molecule has 1 fully saturated rings. The molecule has 1 aromatic rings. The second-order valence-electron chi connectivity index (χ2n) is 6.45. The van der Waals surface area contributed by atoms with Gasteiger partial charge in [0, 0.05) is 32.9 Å². The van der Waals surface area contributed by atoms with Gasteiger partial charge >= 0.3 is 6.18 Å². The largest absolute Gasteiger partial charge is 0.393 e. The molecule has 134 valence electrons. The van der Waals surface area contributed by atoms with Crippen LogP contribution >= 0.6 is 0 Å². The summed E-state index contributed by atoms with van der Waals surface area (Å²) < 4.78 is 38.3. The van der Waals surface area contributed by atoms with E-state index < -0.39 is 12.1 Å². The first-order valence-corrected chi connectivity index (χ1v) is 8.07. The Hall–Kier alpha value is -1.76. The van der Waals surface area contributed by atoms with Crippen molar-refractivity contribution in [3.8, 4) is 0 Å². The minimum absolute atomic E-state index is 0.0162. The summed E-state index contributed by atoms with van der Waals surface area (Å²) in [6, 6.07) is 7.77. The number of nitrogens with zero attached hydrogens (tertiary/aromatic N) is 2. The van der Waals surface area contributed by atoms with Gasteiger partial charge in [-0.3, -0.25) is 9.69 Å². The molecule has 1 atom stereocenters. The summed E-state index contributed by atoms with van der Waals surface area (Å²) in [4.78, 5) is 15.5. The highest BCUT2D eigenvalue weighted by atomic mass is 19.4. The lowest BCUT2D eigenvalue weighted by Gasteiger charge is -2.33. The zero-order valence-corrected chi connectivity index (χ0v) is 14.1. The third-order valence-electron chi connectivity index (χ3n) is 4.28. The first kappa shape index (κ1) is 18.6. The molecule has 0 unspecified atom stereocenters. The zero-order valence-electron chi connectivity index (χ0n) is 14.1. The Morgan fingerprint density at radius 1 is 1.29 bits per heavy atom. The molecule has 0 radical (unpaired) electrons. The summed E-state index contributed by atoms with van der Waals surface area (Å²) in [6.07, 6.45) is -3.55. The van der Waals surface area contributed by atoms with Crippen molar-refractivity contribution in [2.45, 2.75) is 25.6 Å². The number of rotatable bonds is 5. The van der Waals surface area contributed by atoms with Gasteiger partial charge in [0.25, 0.3) is 0 Å². The lowest BCUT2D eigenvalue weighted by Crippen LogP contribution is -2.45. The van der Waals surface area contributed by atoms with Gasteiger partial charge in [0.15, 0.2) is 0 Å². The van der Waals surface area contributed by atoms with Crippen LogP contribution in [-0.4, -0.2) is 50.7 Å². The number of alkyl halides is 3. The second-order valence-corrected chi connectivity index (χ2v) is 6.45. The molecule has 1 aromatic carbocycles. The SMILES string of the molecule is CN(C)c1ccc(CNC(=O)CN2CCC[C@H](C(F)(F)F)C2)cc1. The van der Waals surface area contributed by atoms with Crippen molar-refractivity contribution in [2.75, 3.05) is 38.6 Å². The van der Waals surface area contributed by atoms with E-state index >= 15 is 0 Å². The standard InChI is InChI=1S/C17H24F3N3O/c1-22(2)15-7-5-13(6-8-15)10-21-16(24)12-23-9-3-4-14(11-23)17(18,19)20/h5-8,14H,3-4,9-12H2,1-2H3,(H,21,24)/t14-/m0/s1. The summed E-state index contributed by atoms with van der Waals surface area (Å²) in [6.45, 7) is 0.845. The van der Waals surface area contributed by atoms with E-state index in [4.69, 9.17) is 0 Å². The maximum absolute atomic E-state index is 12.8. The highest BCUT2D eigenvalue weighted by molar-refractivity contribution is 5.78. The fraction of sp³-hybridized carbons (Fsp3) is 0.588. The molecule has 1 heterocycles. The fourth-order valence-corrected chi connectivity index (χ4v) is 2.84. The number of nitrogens with one attached hydrogen (secondary N) is 1. The highest BCUT2D eigenvalue weighted by Gasteiger charge is 2.41. The number of carbonyl (C=O) groups excluding carboxylic acids is 1. The minimum atomic E-state index is -4.18. The summed E-state index contributed by atoms with van der Waals surface area (Å²) in [5.74, 6) is -1.56. The van der Waals surface area contributed by atoms with E-state index in [0.29, 0.717) is 19.5 Å². The Labute approximate surface area is 140 Å². The Bertz CT molecular complexity index is 543. The van der Waals surface area contributed by atoms with Gasteiger partial charge in [-0.2, -0.15) is 13.2 Å². The summed E-state index contributed by atoms with van der Waals surface area (Å²) in [7, 11) is 3.90. The van der Waals surface area contributed by atoms with E-state index in [1.165, 1.54) is 0 Å². The van der Waals surface area contributed by atoms with Crippen molar-refractivity contribution in [3.05, 3.63) is 29.8 Å². The summed E-state index contributed by atoms with van der Waals surface area (Å²) in [5.41, 5.74) is 2.03. The number of carbonyl (C=O) groups is 1. The molecule has 1 aliphatic heterocycles. The monoisotopic (exact) mass is 343 g/mol. The van der Waals surface area contributed by atoms with E-state index in [-0.39, 0.29) is 25.4 Å². The molecule has 0 saturated carbocycles. The Kier molecular flexibility index (Phi) is 6.10. The van der Waals surface area contributed by atoms with E-state index in [0.717, 1.165) is 11.3 Å². The van der Waals surface area contributed by atoms with Crippen molar-refractivity contribution < 1.29 is 18.0 Å². The minimum Gasteiger partial charge on any atom is -0.378 e. The molecule has 0 bridgehead atoms. The van der Waals surface area contributed by atoms with Crippen LogP contribution in [0.3, 0.4) is 0 Å². The molecule has 7 heteroatoms. The zero-order chi connectivity index (χ0) is 17.7. The average molecular weight is 343 g/mol. The number of anilines is 1. The van der Waals surface area contributed by atoms with Crippen molar-refractivity contribution in [1.29, 1.82) is 0 Å². The number of piperidine rings is 1. The number of hydrogen-bond acceptors (Lipinski definition) is 3. The van der Waals surface area contributed by atoms with Gasteiger partial charge < -0.3 is 10.2 Å². The summed E-state index contributed by atoms with van der Waals surface area (Å²) >= 11 is 0. The molecule has 1 amide bonds. The third-order valence-corrected chi connectivity index (χ3v) is 4.28. The van der Waals surface area contributed by atoms with Crippen LogP contribution < -0.4 is 10.2 Å². The lowest BCUT2D eigenvalue weighted by molar-refractivity contribution is -0.187. The molecule has 1 saturated heterocycles. The molecule has 4 nitrogen and oxygen atoms in total. The van der Waals surface area contributed by atoms with Gasteiger partial charge in [-0.15, -0.1) is 0 Å². The normalized spacial score (nSPS) is 19.1. The number of amides is 1. The Morgan fingerprint density at radius 2 is 1.96 bits per heavy atom. The van der Waals surface area contributed by atoms with Gasteiger partial charge in [-0.25, -0.2) is 0 Å². The first-order chi connectivity index (χ1) is 11.3. The molecule has 1 aliphatic rings. The van der Waals surface area contributed by atoms with Gasteiger partial charge in [-0.1, -0.05) is 12.1 Å². The van der Waals surface area contributed by atoms with Crippen LogP contribution in [0.4, 0.5) is 18.9 Å². The average Bonchev–Trinajstić information content (AvgIpc) is 2.53. The topological polar surface area (TPSA) is 35.6 Å². The number of hydrogen-bond donors (Lipinski definition) is 1. The molecule has 0 aromatic heterocycles. The van der Waals surface area contributed by atoms with Crippen molar-refractivity contribution in [1.82, 2.24) is 10.2 Å². The molecular weight excluding hydrogens is 319 g/mol. The maximum atomic E-state index is 12.8. The van der Waals surface area contributed by atoms with Crippen molar-refractivity contribution in [3.63, 3.8) is 0 Å². The van der Waals surface area contributed by atoms with Gasteiger partial charge in [0.1, 0.15) is 0 Å².